The third-order valence-corrected chi connectivity index (χ3v) is 7.42. The van der Waals surface area contributed by atoms with Gasteiger partial charge >= 0.3 is 6.18 Å². The summed E-state index contributed by atoms with van der Waals surface area (Å²) in [5.74, 6) is 0.0546. The molecule has 2 heterocycles. The Hall–Kier alpha value is -4.32. The molecule has 12 heteroatoms. The Kier molecular flexibility index (Phi) is 8.29. The number of anilines is 1. The van der Waals surface area contributed by atoms with Crippen molar-refractivity contribution in [1.82, 2.24) is 20.1 Å². The first-order valence-corrected chi connectivity index (χ1v) is 13.9. The van der Waals surface area contributed by atoms with Gasteiger partial charge in [0.05, 0.1) is 30.0 Å². The third-order valence-electron chi connectivity index (χ3n) is 6.50. The van der Waals surface area contributed by atoms with Crippen LogP contribution in [0.2, 0.25) is 0 Å². The fourth-order valence-corrected chi connectivity index (χ4v) is 5.46. The number of hydrogen-bond acceptors (Lipinski definition) is 6. The molecule has 0 bridgehead atoms. The summed E-state index contributed by atoms with van der Waals surface area (Å²) in [6.45, 7) is 2.77. The normalized spacial score (nSPS) is 12.7. The highest BCUT2D eigenvalue weighted by Crippen LogP contribution is 2.32. The largest absolute Gasteiger partial charge is 0.494 e. The molecule has 0 atom stereocenters. The van der Waals surface area contributed by atoms with Crippen LogP contribution < -0.4 is 15.0 Å². The Morgan fingerprint density at radius 2 is 1.73 bits per heavy atom. The van der Waals surface area contributed by atoms with E-state index < -0.39 is 23.2 Å². The van der Waals surface area contributed by atoms with Gasteiger partial charge in [-0.15, -0.1) is 10.2 Å². The minimum atomic E-state index is -4.68. The Labute approximate surface area is 238 Å². The molecular weight excluding hydrogens is 555 g/mol. The number of fused-ring (bicyclic) bond motifs is 1. The molecule has 0 saturated carbocycles. The van der Waals surface area contributed by atoms with E-state index in [9.17, 15) is 22.8 Å². The molecule has 3 aromatic carbocycles. The van der Waals surface area contributed by atoms with Crippen molar-refractivity contribution in [3.63, 3.8) is 0 Å². The van der Waals surface area contributed by atoms with Crippen LogP contribution in [0.1, 0.15) is 34.2 Å². The molecule has 1 N–H and O–H groups in total. The van der Waals surface area contributed by atoms with Gasteiger partial charge in [-0.2, -0.15) is 13.2 Å². The predicted octanol–water partition coefficient (Wildman–Crippen LogP) is 5.30. The zero-order chi connectivity index (χ0) is 29.0. The minimum Gasteiger partial charge on any atom is -0.494 e. The topological polar surface area (TPSA) is 89.3 Å². The number of nitrogens with one attached hydrogen (secondary N) is 1. The van der Waals surface area contributed by atoms with E-state index >= 15 is 0 Å². The molecule has 41 heavy (non-hydrogen) atoms. The fraction of sp³-hybridized carbons (Fsp3) is 0.241. The maximum Gasteiger partial charge on any atom is 0.417 e. The van der Waals surface area contributed by atoms with Crippen LogP contribution >= 0.6 is 11.8 Å². The molecule has 0 saturated heterocycles. The smallest absolute Gasteiger partial charge is 0.417 e. The summed E-state index contributed by atoms with van der Waals surface area (Å²) in [4.78, 5) is 27.6. The van der Waals surface area contributed by atoms with E-state index in [1.54, 1.807) is 33.7 Å². The van der Waals surface area contributed by atoms with Crippen molar-refractivity contribution in [1.29, 1.82) is 0 Å². The SMILES string of the molecule is CCOc1ccc(-n2c(CNC(=O)c3ccccc3C(F)(F)F)nnc2SCC(=O)N2CCc3ccccc32)cc1. The van der Waals surface area contributed by atoms with Gasteiger partial charge in [0.2, 0.25) is 5.91 Å². The van der Waals surface area contributed by atoms with Crippen LogP contribution in [0.5, 0.6) is 5.75 Å². The van der Waals surface area contributed by atoms with Gasteiger partial charge in [0.15, 0.2) is 11.0 Å². The molecule has 1 aliphatic rings. The Balaban J connectivity index is 1.37. The number of nitrogens with zero attached hydrogens (tertiary/aromatic N) is 4. The summed E-state index contributed by atoms with van der Waals surface area (Å²) in [5.41, 5.74) is 1.14. The van der Waals surface area contributed by atoms with Crippen LogP contribution in [-0.4, -0.2) is 45.5 Å². The molecule has 2 amide bonds. The standard InChI is InChI=1S/C29H26F3N5O3S/c1-2-40-21-13-11-20(12-14-21)37-25(17-33-27(39)22-8-4-5-9-23(22)29(30,31)32)34-35-28(37)41-18-26(38)36-16-15-19-7-3-6-10-24(19)36/h3-14H,2,15-18H2,1H3,(H,33,39). The van der Waals surface area contributed by atoms with E-state index in [1.807, 2.05) is 31.2 Å². The number of alkyl halides is 3. The van der Waals surface area contributed by atoms with E-state index in [4.69, 9.17) is 4.74 Å². The van der Waals surface area contributed by atoms with E-state index in [0.717, 1.165) is 29.8 Å². The molecule has 4 aromatic rings. The number of aromatic nitrogens is 3. The molecule has 1 aliphatic heterocycles. The fourth-order valence-electron chi connectivity index (χ4n) is 4.61. The van der Waals surface area contributed by atoms with E-state index in [1.165, 1.54) is 23.9 Å². The van der Waals surface area contributed by atoms with Gasteiger partial charge in [-0.25, -0.2) is 0 Å². The Morgan fingerprint density at radius 3 is 2.49 bits per heavy atom. The molecule has 0 aliphatic carbocycles. The highest BCUT2D eigenvalue weighted by molar-refractivity contribution is 7.99. The van der Waals surface area contributed by atoms with Gasteiger partial charge < -0.3 is 15.0 Å². The number of ether oxygens (including phenoxy) is 1. The molecule has 0 spiro atoms. The number of halogens is 3. The molecule has 212 valence electrons. The lowest BCUT2D eigenvalue weighted by molar-refractivity contribution is -0.138. The van der Waals surface area contributed by atoms with Crippen molar-refractivity contribution in [2.45, 2.75) is 31.2 Å². The summed E-state index contributed by atoms with van der Waals surface area (Å²) >= 11 is 1.19. The lowest BCUT2D eigenvalue weighted by Crippen LogP contribution is -2.30. The first-order chi connectivity index (χ1) is 19.8. The van der Waals surface area contributed by atoms with Crippen LogP contribution in [0, 0.1) is 0 Å². The second-order valence-electron chi connectivity index (χ2n) is 9.10. The first kappa shape index (κ1) is 28.2. The van der Waals surface area contributed by atoms with Crippen molar-refractivity contribution < 1.29 is 27.5 Å². The number of benzene rings is 3. The monoisotopic (exact) mass is 581 g/mol. The van der Waals surface area contributed by atoms with Crippen molar-refractivity contribution in [2.24, 2.45) is 0 Å². The lowest BCUT2D eigenvalue weighted by Gasteiger charge is -2.17. The second-order valence-corrected chi connectivity index (χ2v) is 10.0. The summed E-state index contributed by atoms with van der Waals surface area (Å²) in [5, 5.41) is 11.4. The predicted molar refractivity (Wildman–Crippen MR) is 148 cm³/mol. The van der Waals surface area contributed by atoms with Crippen LogP contribution in [0.15, 0.2) is 78.0 Å². The third kappa shape index (κ3) is 6.22. The van der Waals surface area contributed by atoms with Gasteiger partial charge in [-0.1, -0.05) is 42.1 Å². The summed E-state index contributed by atoms with van der Waals surface area (Å²) in [6, 6.07) is 19.4. The van der Waals surface area contributed by atoms with E-state index in [0.29, 0.717) is 29.7 Å². The van der Waals surface area contributed by atoms with Gasteiger partial charge in [0.1, 0.15) is 5.75 Å². The van der Waals surface area contributed by atoms with Crippen LogP contribution in [0.3, 0.4) is 0 Å². The minimum absolute atomic E-state index is 0.0835. The number of para-hydroxylation sites is 1. The summed E-state index contributed by atoms with van der Waals surface area (Å²) in [7, 11) is 0. The average Bonchev–Trinajstić information content (AvgIpc) is 3.59. The number of amides is 2. The molecular formula is C29H26F3N5O3S. The molecule has 0 fully saturated rings. The first-order valence-electron chi connectivity index (χ1n) is 12.9. The maximum atomic E-state index is 13.4. The van der Waals surface area contributed by atoms with Crippen molar-refractivity contribution in [3.05, 3.63) is 95.3 Å². The summed E-state index contributed by atoms with van der Waals surface area (Å²) < 4.78 is 47.5. The molecule has 8 nitrogen and oxygen atoms in total. The van der Waals surface area contributed by atoms with E-state index in [-0.39, 0.29) is 24.0 Å². The highest BCUT2D eigenvalue weighted by Gasteiger charge is 2.35. The number of thioether (sulfide) groups is 1. The van der Waals surface area contributed by atoms with Crippen LogP contribution in [0.25, 0.3) is 5.69 Å². The molecule has 5 rings (SSSR count). The molecule has 1 aromatic heterocycles. The quantitative estimate of drug-likeness (QED) is 0.270. The van der Waals surface area contributed by atoms with Crippen LogP contribution in [-0.2, 0) is 23.9 Å². The number of hydrogen-bond donors (Lipinski definition) is 1. The zero-order valence-corrected chi connectivity index (χ0v) is 22.8. The number of rotatable bonds is 9. The zero-order valence-electron chi connectivity index (χ0n) is 22.0. The Bertz CT molecular complexity index is 1560. The van der Waals surface area contributed by atoms with Crippen molar-refractivity contribution >= 4 is 29.3 Å². The maximum absolute atomic E-state index is 13.4. The van der Waals surface area contributed by atoms with Gasteiger partial charge in [0, 0.05) is 17.9 Å². The number of carbonyl (C=O) groups is 2. The van der Waals surface area contributed by atoms with E-state index in [2.05, 4.69) is 15.5 Å². The van der Waals surface area contributed by atoms with Crippen LogP contribution in [0.4, 0.5) is 18.9 Å². The lowest BCUT2D eigenvalue weighted by atomic mass is 10.1. The van der Waals surface area contributed by atoms with Gasteiger partial charge in [-0.3, -0.25) is 14.2 Å². The van der Waals surface area contributed by atoms with Gasteiger partial charge in [-0.05, 0) is 61.4 Å². The highest BCUT2D eigenvalue weighted by atomic mass is 32.2. The Morgan fingerprint density at radius 1 is 1.00 bits per heavy atom. The van der Waals surface area contributed by atoms with Gasteiger partial charge in [0.25, 0.3) is 5.91 Å². The average molecular weight is 582 g/mol. The summed E-state index contributed by atoms with van der Waals surface area (Å²) in [6.07, 6.45) is -3.89. The van der Waals surface area contributed by atoms with Crippen molar-refractivity contribution in [2.75, 3.05) is 23.8 Å². The number of carbonyl (C=O) groups excluding carboxylic acids is 2. The molecule has 0 radical (unpaired) electrons. The second kappa shape index (κ2) is 12.0. The van der Waals surface area contributed by atoms with Crippen molar-refractivity contribution in [3.8, 4) is 11.4 Å². The molecule has 0 unspecified atom stereocenters.